The Morgan fingerprint density at radius 3 is 2.73 bits per heavy atom. The third-order valence-electron chi connectivity index (χ3n) is 2.97. The minimum Gasteiger partial charge on any atom is -0.444 e. The summed E-state index contributed by atoms with van der Waals surface area (Å²) >= 11 is 0. The van der Waals surface area contributed by atoms with Gasteiger partial charge >= 0.3 is 6.09 Å². The Morgan fingerprint density at radius 1 is 1.40 bits per heavy atom. The summed E-state index contributed by atoms with van der Waals surface area (Å²) in [5.74, 6) is 1.20. The summed E-state index contributed by atoms with van der Waals surface area (Å²) in [6.07, 6.45) is 5.41. The zero-order valence-electron chi connectivity index (χ0n) is 9.69. The summed E-state index contributed by atoms with van der Waals surface area (Å²) in [6, 6.07) is 0. The Kier molecular flexibility index (Phi) is 2.49. The van der Waals surface area contributed by atoms with Gasteiger partial charge < -0.3 is 9.64 Å². The van der Waals surface area contributed by atoms with Crippen molar-refractivity contribution in [3.05, 3.63) is 12.2 Å². The molecular formula is C12H19NO2. The summed E-state index contributed by atoms with van der Waals surface area (Å²) < 4.78 is 5.35. The molecule has 2 atom stereocenters. The van der Waals surface area contributed by atoms with Crippen molar-refractivity contribution < 1.29 is 9.53 Å². The van der Waals surface area contributed by atoms with E-state index in [0.29, 0.717) is 11.8 Å². The lowest BCUT2D eigenvalue weighted by Gasteiger charge is -2.24. The van der Waals surface area contributed by atoms with Crippen LogP contribution in [0.25, 0.3) is 0 Å². The maximum absolute atomic E-state index is 11.8. The Balaban J connectivity index is 1.91. The van der Waals surface area contributed by atoms with Crippen LogP contribution in [0.4, 0.5) is 4.79 Å². The molecule has 0 radical (unpaired) electrons. The normalized spacial score (nSPS) is 29.4. The number of rotatable bonds is 0. The Bertz CT molecular complexity index is 290. The molecule has 2 rings (SSSR count). The monoisotopic (exact) mass is 209 g/mol. The fourth-order valence-electron chi connectivity index (χ4n) is 2.27. The molecule has 1 fully saturated rings. The van der Waals surface area contributed by atoms with E-state index in [4.69, 9.17) is 4.74 Å². The number of hydrogen-bond donors (Lipinski definition) is 0. The van der Waals surface area contributed by atoms with Crippen LogP contribution in [0.3, 0.4) is 0 Å². The van der Waals surface area contributed by atoms with Crippen molar-refractivity contribution in [2.24, 2.45) is 11.8 Å². The highest BCUT2D eigenvalue weighted by molar-refractivity contribution is 5.68. The van der Waals surface area contributed by atoms with Crippen LogP contribution in [-0.4, -0.2) is 29.7 Å². The first kappa shape index (κ1) is 10.5. The lowest BCUT2D eigenvalue weighted by molar-refractivity contribution is 0.0285. The fraction of sp³-hybridized carbons (Fsp3) is 0.750. The number of fused-ring (bicyclic) bond motifs is 1. The second-order valence-corrected chi connectivity index (χ2v) is 5.47. The van der Waals surface area contributed by atoms with Gasteiger partial charge in [-0.2, -0.15) is 0 Å². The molecule has 0 spiro atoms. The molecule has 0 aromatic carbocycles. The molecule has 0 saturated carbocycles. The summed E-state index contributed by atoms with van der Waals surface area (Å²) in [5, 5.41) is 0. The largest absolute Gasteiger partial charge is 0.444 e. The van der Waals surface area contributed by atoms with E-state index in [1.165, 1.54) is 0 Å². The molecule has 1 aliphatic carbocycles. The third kappa shape index (κ3) is 2.33. The molecule has 3 nitrogen and oxygen atoms in total. The quantitative estimate of drug-likeness (QED) is 0.573. The average molecular weight is 209 g/mol. The number of carbonyl (C=O) groups is 1. The molecule has 1 heterocycles. The van der Waals surface area contributed by atoms with Gasteiger partial charge in [-0.15, -0.1) is 0 Å². The molecule has 84 valence electrons. The molecule has 0 aromatic rings. The second-order valence-electron chi connectivity index (χ2n) is 5.47. The van der Waals surface area contributed by atoms with Crippen molar-refractivity contribution in [1.82, 2.24) is 4.90 Å². The fourth-order valence-corrected chi connectivity index (χ4v) is 2.27. The molecule has 0 N–H and O–H groups in total. The zero-order chi connectivity index (χ0) is 11.1. The van der Waals surface area contributed by atoms with Gasteiger partial charge in [-0.3, -0.25) is 0 Å². The minimum absolute atomic E-state index is 0.162. The van der Waals surface area contributed by atoms with Gasteiger partial charge in [0, 0.05) is 13.1 Å². The molecule has 0 aromatic heterocycles. The lowest BCUT2D eigenvalue weighted by Crippen LogP contribution is -2.35. The first-order valence-corrected chi connectivity index (χ1v) is 5.60. The van der Waals surface area contributed by atoms with E-state index in [0.717, 1.165) is 19.5 Å². The molecule has 2 unspecified atom stereocenters. The van der Waals surface area contributed by atoms with Crippen molar-refractivity contribution >= 4 is 6.09 Å². The highest BCUT2D eigenvalue weighted by atomic mass is 16.6. The van der Waals surface area contributed by atoms with Crippen molar-refractivity contribution in [2.75, 3.05) is 13.1 Å². The number of allylic oxidation sites excluding steroid dienone is 1. The van der Waals surface area contributed by atoms with Gasteiger partial charge in [0.2, 0.25) is 0 Å². The van der Waals surface area contributed by atoms with Gasteiger partial charge in [-0.1, -0.05) is 12.2 Å². The number of carbonyl (C=O) groups excluding carboxylic acids is 1. The van der Waals surface area contributed by atoms with E-state index < -0.39 is 0 Å². The summed E-state index contributed by atoms with van der Waals surface area (Å²) in [6.45, 7) is 7.40. The predicted molar refractivity (Wildman–Crippen MR) is 58.5 cm³/mol. The number of likely N-dealkylation sites (tertiary alicyclic amines) is 1. The number of nitrogens with zero attached hydrogens (tertiary/aromatic N) is 1. The van der Waals surface area contributed by atoms with Crippen LogP contribution in [0, 0.1) is 11.8 Å². The van der Waals surface area contributed by atoms with Crippen LogP contribution < -0.4 is 0 Å². The van der Waals surface area contributed by atoms with Crippen molar-refractivity contribution in [1.29, 1.82) is 0 Å². The Morgan fingerprint density at radius 2 is 2.13 bits per heavy atom. The number of ether oxygens (including phenoxy) is 1. The molecule has 1 amide bonds. The van der Waals surface area contributed by atoms with Crippen LogP contribution >= 0.6 is 0 Å². The SMILES string of the molecule is CC(C)(C)OC(=O)N1CC2C=CCC2C1. The van der Waals surface area contributed by atoms with Gasteiger partial charge in [0.05, 0.1) is 0 Å². The smallest absolute Gasteiger partial charge is 0.410 e. The Hall–Kier alpha value is -0.990. The van der Waals surface area contributed by atoms with Crippen LogP contribution in [0.2, 0.25) is 0 Å². The first-order chi connectivity index (χ1) is 6.96. The van der Waals surface area contributed by atoms with E-state index in [9.17, 15) is 4.79 Å². The third-order valence-corrected chi connectivity index (χ3v) is 2.97. The molecule has 3 heteroatoms. The minimum atomic E-state index is -0.384. The van der Waals surface area contributed by atoms with Crippen LogP contribution in [0.15, 0.2) is 12.2 Å². The van der Waals surface area contributed by atoms with E-state index >= 15 is 0 Å². The van der Waals surface area contributed by atoms with Crippen molar-refractivity contribution in [2.45, 2.75) is 32.8 Å². The molecule has 1 saturated heterocycles. The maximum atomic E-state index is 11.8. The molecule has 0 bridgehead atoms. The van der Waals surface area contributed by atoms with Gasteiger partial charge in [0.15, 0.2) is 0 Å². The summed E-state index contributed by atoms with van der Waals surface area (Å²) in [4.78, 5) is 13.6. The van der Waals surface area contributed by atoms with E-state index in [1.54, 1.807) is 0 Å². The highest BCUT2D eigenvalue weighted by Gasteiger charge is 2.37. The maximum Gasteiger partial charge on any atom is 0.410 e. The van der Waals surface area contributed by atoms with Crippen LogP contribution in [0.5, 0.6) is 0 Å². The first-order valence-electron chi connectivity index (χ1n) is 5.60. The zero-order valence-corrected chi connectivity index (χ0v) is 9.69. The van der Waals surface area contributed by atoms with Gasteiger partial charge in [0.25, 0.3) is 0 Å². The predicted octanol–water partition coefficient (Wildman–Crippen LogP) is 2.43. The Labute approximate surface area is 91.1 Å². The topological polar surface area (TPSA) is 29.5 Å². The summed E-state index contributed by atoms with van der Waals surface area (Å²) in [7, 11) is 0. The molecule has 15 heavy (non-hydrogen) atoms. The molecular weight excluding hydrogens is 190 g/mol. The van der Waals surface area contributed by atoms with Crippen molar-refractivity contribution in [3.63, 3.8) is 0 Å². The lowest BCUT2D eigenvalue weighted by atomic mass is 10.0. The van der Waals surface area contributed by atoms with Gasteiger partial charge in [-0.25, -0.2) is 4.79 Å². The highest BCUT2D eigenvalue weighted by Crippen LogP contribution is 2.33. The van der Waals surface area contributed by atoms with Crippen molar-refractivity contribution in [3.8, 4) is 0 Å². The number of hydrogen-bond acceptors (Lipinski definition) is 2. The summed E-state index contributed by atoms with van der Waals surface area (Å²) in [5.41, 5.74) is -0.384. The van der Waals surface area contributed by atoms with Gasteiger partial charge in [0.1, 0.15) is 5.60 Å². The van der Waals surface area contributed by atoms with E-state index in [1.807, 2.05) is 25.7 Å². The molecule has 1 aliphatic heterocycles. The standard InChI is InChI=1S/C12H19NO2/c1-12(2,3)15-11(14)13-7-9-5-4-6-10(9)8-13/h4-5,9-10H,6-8H2,1-3H3. The average Bonchev–Trinajstić information content (AvgIpc) is 2.56. The van der Waals surface area contributed by atoms with Crippen LogP contribution in [-0.2, 0) is 4.74 Å². The van der Waals surface area contributed by atoms with Crippen LogP contribution in [0.1, 0.15) is 27.2 Å². The number of amides is 1. The van der Waals surface area contributed by atoms with E-state index in [2.05, 4.69) is 12.2 Å². The van der Waals surface area contributed by atoms with Gasteiger partial charge in [-0.05, 0) is 39.0 Å². The molecule has 2 aliphatic rings. The van der Waals surface area contributed by atoms with E-state index in [-0.39, 0.29) is 11.7 Å². The second kappa shape index (κ2) is 3.54.